The van der Waals surface area contributed by atoms with Crippen LogP contribution in [0.15, 0.2) is 30.3 Å². The molecule has 2 amide bonds. The van der Waals surface area contributed by atoms with Gasteiger partial charge in [-0.15, -0.1) is 11.3 Å². The zero-order chi connectivity index (χ0) is 16.9. The summed E-state index contributed by atoms with van der Waals surface area (Å²) in [6, 6.07) is 10.3. The number of nitrogens with one attached hydrogen (secondary N) is 1. The maximum absolute atomic E-state index is 12.5. The fraction of sp³-hybridized carbons (Fsp3) is 0.500. The Balaban J connectivity index is 1.59. The molecule has 2 N–H and O–H groups in total. The lowest BCUT2D eigenvalue weighted by Crippen LogP contribution is -2.48. The Morgan fingerprint density at radius 2 is 2.33 bits per heavy atom. The van der Waals surface area contributed by atoms with E-state index in [1.807, 2.05) is 24.0 Å². The standard InChI is InChI=1S/C18H24N2O3S/c1-13(17-11-14-5-2-3-7-16(14)24-17)19-18(22)20-8-4-6-15(12-20)23-10-9-21/h2-3,5,7,11,13,15,21H,4,6,8-10,12H2,1H3,(H,19,22)/t13-,15-/m0/s1. The molecule has 0 bridgehead atoms. The molecule has 3 rings (SSSR count). The molecule has 0 unspecified atom stereocenters. The third-order valence-corrected chi connectivity index (χ3v) is 5.62. The zero-order valence-electron chi connectivity index (χ0n) is 13.9. The number of hydrogen-bond acceptors (Lipinski definition) is 4. The predicted molar refractivity (Wildman–Crippen MR) is 96.4 cm³/mol. The summed E-state index contributed by atoms with van der Waals surface area (Å²) in [6.45, 7) is 3.71. The maximum Gasteiger partial charge on any atom is 0.317 e. The van der Waals surface area contributed by atoms with Gasteiger partial charge in [-0.2, -0.15) is 0 Å². The van der Waals surface area contributed by atoms with Gasteiger partial charge in [-0.1, -0.05) is 18.2 Å². The number of benzene rings is 1. The van der Waals surface area contributed by atoms with Crippen molar-refractivity contribution in [3.8, 4) is 0 Å². The van der Waals surface area contributed by atoms with E-state index in [0.29, 0.717) is 13.2 Å². The molecule has 24 heavy (non-hydrogen) atoms. The molecule has 1 aliphatic heterocycles. The minimum atomic E-state index is -0.0442. The highest BCUT2D eigenvalue weighted by atomic mass is 32.1. The molecule has 5 nitrogen and oxygen atoms in total. The van der Waals surface area contributed by atoms with Crippen LogP contribution in [0.4, 0.5) is 4.79 Å². The van der Waals surface area contributed by atoms with Gasteiger partial charge >= 0.3 is 6.03 Å². The van der Waals surface area contributed by atoms with Gasteiger partial charge in [0.15, 0.2) is 0 Å². The van der Waals surface area contributed by atoms with Crippen molar-refractivity contribution in [2.45, 2.75) is 31.9 Å². The molecule has 1 aromatic heterocycles. The smallest absolute Gasteiger partial charge is 0.317 e. The highest BCUT2D eigenvalue weighted by Gasteiger charge is 2.25. The van der Waals surface area contributed by atoms with Crippen molar-refractivity contribution >= 4 is 27.5 Å². The number of urea groups is 1. The average Bonchev–Trinajstić information content (AvgIpc) is 3.04. The van der Waals surface area contributed by atoms with Gasteiger partial charge in [-0.25, -0.2) is 4.79 Å². The van der Waals surface area contributed by atoms with Crippen LogP contribution in [0.3, 0.4) is 0 Å². The molecular weight excluding hydrogens is 324 g/mol. The highest BCUT2D eigenvalue weighted by molar-refractivity contribution is 7.19. The topological polar surface area (TPSA) is 61.8 Å². The number of piperidine rings is 1. The molecule has 1 aromatic carbocycles. The maximum atomic E-state index is 12.5. The normalized spacial score (nSPS) is 19.4. The first-order valence-electron chi connectivity index (χ1n) is 8.43. The Morgan fingerprint density at radius 1 is 1.50 bits per heavy atom. The van der Waals surface area contributed by atoms with Crippen LogP contribution in [0.2, 0.25) is 0 Å². The molecule has 2 aromatic rings. The van der Waals surface area contributed by atoms with E-state index in [2.05, 4.69) is 23.5 Å². The minimum Gasteiger partial charge on any atom is -0.394 e. The largest absolute Gasteiger partial charge is 0.394 e. The highest BCUT2D eigenvalue weighted by Crippen LogP contribution is 2.29. The number of rotatable bonds is 5. The molecule has 2 heterocycles. The number of thiophene rings is 1. The van der Waals surface area contributed by atoms with Crippen molar-refractivity contribution in [2.75, 3.05) is 26.3 Å². The quantitative estimate of drug-likeness (QED) is 0.872. The summed E-state index contributed by atoms with van der Waals surface area (Å²) in [7, 11) is 0. The van der Waals surface area contributed by atoms with Gasteiger partial charge in [0, 0.05) is 22.7 Å². The summed E-state index contributed by atoms with van der Waals surface area (Å²) >= 11 is 1.72. The van der Waals surface area contributed by atoms with Crippen LogP contribution in [-0.2, 0) is 4.74 Å². The average molecular weight is 348 g/mol. The molecule has 1 fully saturated rings. The van der Waals surface area contributed by atoms with Gasteiger partial charge in [-0.3, -0.25) is 0 Å². The molecule has 6 heteroatoms. The summed E-state index contributed by atoms with van der Waals surface area (Å²) in [4.78, 5) is 15.5. The van der Waals surface area contributed by atoms with Crippen LogP contribution in [-0.4, -0.2) is 48.4 Å². The number of carbonyl (C=O) groups excluding carboxylic acids is 1. The number of nitrogens with zero attached hydrogens (tertiary/aromatic N) is 1. The lowest BCUT2D eigenvalue weighted by molar-refractivity contribution is -0.00595. The van der Waals surface area contributed by atoms with Crippen molar-refractivity contribution in [1.29, 1.82) is 0 Å². The van der Waals surface area contributed by atoms with Crippen molar-refractivity contribution in [3.05, 3.63) is 35.2 Å². The van der Waals surface area contributed by atoms with Gasteiger partial charge in [0.05, 0.1) is 25.4 Å². The first-order valence-corrected chi connectivity index (χ1v) is 9.25. The molecule has 0 saturated carbocycles. The summed E-state index contributed by atoms with van der Waals surface area (Å²) < 4.78 is 6.81. The lowest BCUT2D eigenvalue weighted by Gasteiger charge is -2.33. The molecule has 0 radical (unpaired) electrons. The summed E-state index contributed by atoms with van der Waals surface area (Å²) in [5.74, 6) is 0. The predicted octanol–water partition coefficient (Wildman–Crippen LogP) is 3.15. The number of ether oxygens (including phenoxy) is 1. The third-order valence-electron chi connectivity index (χ3n) is 4.32. The number of aliphatic hydroxyl groups excluding tert-OH is 1. The van der Waals surface area contributed by atoms with Gasteiger partial charge < -0.3 is 20.1 Å². The van der Waals surface area contributed by atoms with Gasteiger partial charge in [0.25, 0.3) is 0 Å². The van der Waals surface area contributed by atoms with Crippen LogP contribution in [0.1, 0.15) is 30.7 Å². The van der Waals surface area contributed by atoms with Crippen LogP contribution in [0.5, 0.6) is 0 Å². The second-order valence-electron chi connectivity index (χ2n) is 6.16. The van der Waals surface area contributed by atoms with E-state index in [1.165, 1.54) is 10.1 Å². The Hall–Kier alpha value is -1.63. The number of aliphatic hydroxyl groups is 1. The first-order chi connectivity index (χ1) is 11.7. The fourth-order valence-corrected chi connectivity index (χ4v) is 4.11. The van der Waals surface area contributed by atoms with Gasteiger partial charge in [0.2, 0.25) is 0 Å². The second-order valence-corrected chi connectivity index (χ2v) is 7.28. The molecule has 2 atom stereocenters. The van der Waals surface area contributed by atoms with Crippen LogP contribution < -0.4 is 5.32 Å². The number of fused-ring (bicyclic) bond motifs is 1. The zero-order valence-corrected chi connectivity index (χ0v) is 14.7. The van der Waals surface area contributed by atoms with Crippen molar-refractivity contribution in [3.63, 3.8) is 0 Å². The Labute approximate surface area is 146 Å². The van der Waals surface area contributed by atoms with E-state index in [4.69, 9.17) is 9.84 Å². The van der Waals surface area contributed by atoms with Crippen molar-refractivity contribution in [2.24, 2.45) is 0 Å². The lowest BCUT2D eigenvalue weighted by atomic mass is 10.1. The Bertz CT molecular complexity index is 655. The monoisotopic (exact) mass is 348 g/mol. The number of amides is 2. The SMILES string of the molecule is C[C@H](NC(=O)N1CCC[C@H](OCCO)C1)c1cc2ccccc2s1. The van der Waals surface area contributed by atoms with E-state index < -0.39 is 0 Å². The number of hydrogen-bond donors (Lipinski definition) is 2. The molecular formula is C18H24N2O3S. The Kier molecular flexibility index (Phi) is 5.71. The molecule has 0 aliphatic carbocycles. The van der Waals surface area contributed by atoms with Crippen molar-refractivity contribution in [1.82, 2.24) is 10.2 Å². The van der Waals surface area contributed by atoms with E-state index in [9.17, 15) is 4.79 Å². The van der Waals surface area contributed by atoms with E-state index >= 15 is 0 Å². The summed E-state index contributed by atoms with van der Waals surface area (Å²) in [6.07, 6.45) is 1.90. The molecule has 1 aliphatic rings. The van der Waals surface area contributed by atoms with Gasteiger partial charge in [-0.05, 0) is 37.3 Å². The van der Waals surface area contributed by atoms with E-state index in [0.717, 1.165) is 24.3 Å². The van der Waals surface area contributed by atoms with Crippen LogP contribution in [0.25, 0.3) is 10.1 Å². The van der Waals surface area contributed by atoms with E-state index in [1.54, 1.807) is 11.3 Å². The summed E-state index contributed by atoms with van der Waals surface area (Å²) in [5.41, 5.74) is 0. The van der Waals surface area contributed by atoms with Crippen molar-refractivity contribution < 1.29 is 14.6 Å². The number of likely N-dealkylation sites (tertiary alicyclic amines) is 1. The van der Waals surface area contributed by atoms with Gasteiger partial charge in [0.1, 0.15) is 0 Å². The second kappa shape index (κ2) is 7.96. The summed E-state index contributed by atoms with van der Waals surface area (Å²) in [5, 5.41) is 13.2. The van der Waals surface area contributed by atoms with E-state index in [-0.39, 0.29) is 24.8 Å². The molecule has 0 spiro atoms. The molecule has 130 valence electrons. The van der Waals surface area contributed by atoms with Crippen LogP contribution in [0, 0.1) is 0 Å². The van der Waals surface area contributed by atoms with Crippen LogP contribution >= 0.6 is 11.3 Å². The fourth-order valence-electron chi connectivity index (χ4n) is 3.04. The molecule has 1 saturated heterocycles. The minimum absolute atomic E-state index is 0.0195. The number of carbonyl (C=O) groups is 1. The Morgan fingerprint density at radius 3 is 3.12 bits per heavy atom. The third kappa shape index (κ3) is 4.06. The first kappa shape index (κ1) is 17.2.